The smallest absolute Gasteiger partial charge is 0.264 e. The largest absolute Gasteiger partial charge is 0.438 e. The second-order valence-electron chi connectivity index (χ2n) is 5.82. The molecule has 2 aromatic heterocycles. The van der Waals surface area contributed by atoms with Crippen molar-refractivity contribution in [1.29, 1.82) is 0 Å². The highest BCUT2D eigenvalue weighted by Gasteiger charge is 2.29. The van der Waals surface area contributed by atoms with Crippen molar-refractivity contribution in [3.8, 4) is 11.6 Å². The maximum atomic E-state index is 11.7. The van der Waals surface area contributed by atoms with Crippen LogP contribution in [-0.2, 0) is 10.2 Å². The van der Waals surface area contributed by atoms with Gasteiger partial charge in [0.25, 0.3) is 11.6 Å². The van der Waals surface area contributed by atoms with Gasteiger partial charge in [0.2, 0.25) is 5.88 Å². The standard InChI is InChI=1S/C16H16N4O4/c1-9-12-13(17-8-18-14(12)24-20-9)23-11-6-4-10(5-7-11)16(2,3)15(21)19-22/h4-8,22H,1-3H3,(H,19,21). The van der Waals surface area contributed by atoms with Crippen LogP contribution < -0.4 is 10.2 Å². The minimum Gasteiger partial charge on any atom is -0.438 e. The van der Waals surface area contributed by atoms with Crippen LogP contribution in [0.4, 0.5) is 0 Å². The number of hydrogen-bond donors (Lipinski definition) is 2. The molecule has 124 valence electrons. The SMILES string of the molecule is Cc1noc2ncnc(Oc3ccc(C(C)(C)C(=O)NO)cc3)c12. The minimum atomic E-state index is -0.874. The minimum absolute atomic E-state index is 0.346. The number of fused-ring (bicyclic) bond motifs is 1. The molecule has 1 aromatic carbocycles. The highest BCUT2D eigenvalue weighted by molar-refractivity contribution is 5.86. The van der Waals surface area contributed by atoms with Crippen molar-refractivity contribution in [1.82, 2.24) is 20.6 Å². The molecule has 8 heteroatoms. The lowest BCUT2D eigenvalue weighted by molar-refractivity contribution is -0.134. The number of rotatable bonds is 4. The van der Waals surface area contributed by atoms with E-state index in [1.54, 1.807) is 50.5 Å². The number of carbonyl (C=O) groups excluding carboxylic acids is 1. The molecule has 0 aliphatic rings. The third-order valence-corrected chi connectivity index (χ3v) is 3.87. The molecule has 0 fully saturated rings. The number of benzene rings is 1. The highest BCUT2D eigenvalue weighted by Crippen LogP contribution is 2.30. The van der Waals surface area contributed by atoms with Gasteiger partial charge in [-0.15, -0.1) is 0 Å². The van der Waals surface area contributed by atoms with Crippen molar-refractivity contribution in [3.63, 3.8) is 0 Å². The topological polar surface area (TPSA) is 110 Å². The second-order valence-corrected chi connectivity index (χ2v) is 5.82. The normalized spacial score (nSPS) is 11.5. The van der Waals surface area contributed by atoms with Crippen LogP contribution in [0.2, 0.25) is 0 Å². The van der Waals surface area contributed by atoms with Crippen molar-refractivity contribution in [2.75, 3.05) is 0 Å². The van der Waals surface area contributed by atoms with E-state index in [2.05, 4.69) is 15.1 Å². The van der Waals surface area contributed by atoms with Gasteiger partial charge in [-0.3, -0.25) is 10.0 Å². The Hall–Kier alpha value is -3.00. The Labute approximate surface area is 137 Å². The Morgan fingerprint density at radius 3 is 2.62 bits per heavy atom. The number of ether oxygens (including phenoxy) is 1. The van der Waals surface area contributed by atoms with E-state index in [-0.39, 0.29) is 0 Å². The number of hydroxylamine groups is 1. The Balaban J connectivity index is 1.89. The zero-order valence-electron chi connectivity index (χ0n) is 13.4. The Kier molecular flexibility index (Phi) is 3.90. The van der Waals surface area contributed by atoms with E-state index >= 15 is 0 Å². The molecule has 0 saturated carbocycles. The summed E-state index contributed by atoms with van der Waals surface area (Å²) in [5.41, 5.74) is 2.53. The first-order valence-electron chi connectivity index (χ1n) is 7.23. The molecule has 1 amide bonds. The van der Waals surface area contributed by atoms with Crippen LogP contribution in [0.1, 0.15) is 25.1 Å². The first-order chi connectivity index (χ1) is 11.4. The average Bonchev–Trinajstić information content (AvgIpc) is 2.97. The van der Waals surface area contributed by atoms with E-state index in [0.29, 0.717) is 28.4 Å². The summed E-state index contributed by atoms with van der Waals surface area (Å²) in [5, 5.41) is 13.3. The van der Waals surface area contributed by atoms with Gasteiger partial charge in [0, 0.05) is 0 Å². The van der Waals surface area contributed by atoms with Crippen molar-refractivity contribution < 1.29 is 19.3 Å². The predicted molar refractivity (Wildman–Crippen MR) is 83.8 cm³/mol. The number of nitrogens with zero attached hydrogens (tertiary/aromatic N) is 3. The Morgan fingerprint density at radius 1 is 1.25 bits per heavy atom. The number of hydrogen-bond acceptors (Lipinski definition) is 7. The van der Waals surface area contributed by atoms with Crippen LogP contribution in [0.3, 0.4) is 0 Å². The van der Waals surface area contributed by atoms with Crippen LogP contribution in [0.5, 0.6) is 11.6 Å². The number of nitrogens with one attached hydrogen (secondary N) is 1. The van der Waals surface area contributed by atoms with E-state index in [0.717, 1.165) is 5.56 Å². The molecule has 3 rings (SSSR count). The number of amides is 1. The summed E-state index contributed by atoms with van der Waals surface area (Å²) in [7, 11) is 0. The molecular formula is C16H16N4O4. The van der Waals surface area contributed by atoms with Crippen molar-refractivity contribution in [3.05, 3.63) is 41.9 Å². The highest BCUT2D eigenvalue weighted by atomic mass is 16.5. The fourth-order valence-corrected chi connectivity index (χ4v) is 2.29. The molecule has 8 nitrogen and oxygen atoms in total. The maximum absolute atomic E-state index is 11.7. The third-order valence-electron chi connectivity index (χ3n) is 3.87. The van der Waals surface area contributed by atoms with Crippen LogP contribution in [0.15, 0.2) is 35.1 Å². The van der Waals surface area contributed by atoms with Crippen molar-refractivity contribution >= 4 is 17.0 Å². The monoisotopic (exact) mass is 328 g/mol. The van der Waals surface area contributed by atoms with E-state index in [4.69, 9.17) is 14.5 Å². The molecule has 0 spiro atoms. The summed E-state index contributed by atoms with van der Waals surface area (Å²) in [4.78, 5) is 19.8. The summed E-state index contributed by atoms with van der Waals surface area (Å²) < 4.78 is 10.9. The molecule has 0 radical (unpaired) electrons. The zero-order valence-corrected chi connectivity index (χ0v) is 13.4. The molecule has 3 aromatic rings. The van der Waals surface area contributed by atoms with Gasteiger partial charge in [-0.25, -0.2) is 10.5 Å². The summed E-state index contributed by atoms with van der Waals surface area (Å²) in [5.74, 6) is 0.396. The van der Waals surface area contributed by atoms with E-state index in [1.165, 1.54) is 6.33 Å². The second kappa shape index (κ2) is 5.89. The molecule has 0 bridgehead atoms. The van der Waals surface area contributed by atoms with E-state index < -0.39 is 11.3 Å². The first kappa shape index (κ1) is 15.9. The van der Waals surface area contributed by atoms with Crippen molar-refractivity contribution in [2.45, 2.75) is 26.2 Å². The molecule has 2 heterocycles. The summed E-state index contributed by atoms with van der Waals surface area (Å²) in [6.45, 7) is 5.20. The van der Waals surface area contributed by atoms with Gasteiger partial charge in [0.05, 0.1) is 11.1 Å². The molecule has 0 unspecified atom stereocenters. The van der Waals surface area contributed by atoms with Crippen LogP contribution >= 0.6 is 0 Å². The Morgan fingerprint density at radius 2 is 1.96 bits per heavy atom. The summed E-state index contributed by atoms with van der Waals surface area (Å²) in [6, 6.07) is 6.95. The number of carbonyl (C=O) groups is 1. The molecule has 0 atom stereocenters. The fourth-order valence-electron chi connectivity index (χ4n) is 2.29. The van der Waals surface area contributed by atoms with E-state index in [1.807, 2.05) is 0 Å². The summed E-state index contributed by atoms with van der Waals surface area (Å²) in [6.07, 6.45) is 1.34. The van der Waals surface area contributed by atoms with Gasteiger partial charge < -0.3 is 9.26 Å². The van der Waals surface area contributed by atoms with E-state index in [9.17, 15) is 4.79 Å². The predicted octanol–water partition coefficient (Wildman–Crippen LogP) is 2.50. The molecule has 0 aliphatic carbocycles. The summed E-state index contributed by atoms with van der Waals surface area (Å²) >= 11 is 0. The number of aromatic nitrogens is 3. The fraction of sp³-hybridized carbons (Fsp3) is 0.250. The molecule has 24 heavy (non-hydrogen) atoms. The molecule has 2 N–H and O–H groups in total. The Bertz CT molecular complexity index is 887. The lowest BCUT2D eigenvalue weighted by Crippen LogP contribution is -2.38. The van der Waals surface area contributed by atoms with Crippen LogP contribution in [-0.4, -0.2) is 26.2 Å². The molecule has 0 aliphatic heterocycles. The van der Waals surface area contributed by atoms with Crippen LogP contribution in [0.25, 0.3) is 11.1 Å². The molecule has 0 saturated heterocycles. The van der Waals surface area contributed by atoms with Gasteiger partial charge in [-0.2, -0.15) is 4.98 Å². The van der Waals surface area contributed by atoms with Gasteiger partial charge in [0.1, 0.15) is 17.5 Å². The van der Waals surface area contributed by atoms with Gasteiger partial charge in [-0.05, 0) is 38.5 Å². The lowest BCUT2D eigenvalue weighted by atomic mass is 9.84. The average molecular weight is 328 g/mol. The van der Waals surface area contributed by atoms with Gasteiger partial charge >= 0.3 is 0 Å². The van der Waals surface area contributed by atoms with Gasteiger partial charge in [-0.1, -0.05) is 17.3 Å². The third kappa shape index (κ3) is 2.67. The molecular weight excluding hydrogens is 312 g/mol. The van der Waals surface area contributed by atoms with Crippen LogP contribution in [0, 0.1) is 6.92 Å². The quantitative estimate of drug-likeness (QED) is 0.559. The first-order valence-corrected chi connectivity index (χ1v) is 7.23. The number of aryl methyl sites for hydroxylation is 1. The lowest BCUT2D eigenvalue weighted by Gasteiger charge is -2.22. The van der Waals surface area contributed by atoms with Gasteiger partial charge in [0.15, 0.2) is 0 Å². The van der Waals surface area contributed by atoms with Crippen molar-refractivity contribution in [2.24, 2.45) is 0 Å². The maximum Gasteiger partial charge on any atom is 0.264 e. The zero-order chi connectivity index (χ0) is 17.3.